The standard InChI is InChI=1S/C18H28N4O3/c1-12(2)10-20-18(24)22-8-4-5-13(11-22)17(23)21-14-6-7-16(25-3)15(19)9-14/h6-7,9,12-13H,4-5,8,10-11,19H2,1-3H3,(H,20,24)(H,21,23). The number of carbonyl (C=O) groups is 2. The van der Waals surface area contributed by atoms with Gasteiger partial charge < -0.3 is 26.0 Å². The fourth-order valence-corrected chi connectivity index (χ4v) is 2.84. The Kier molecular flexibility index (Phi) is 6.50. The Morgan fingerprint density at radius 3 is 2.80 bits per heavy atom. The van der Waals surface area contributed by atoms with E-state index in [-0.39, 0.29) is 17.9 Å². The Bertz CT molecular complexity index is 618. The predicted octanol–water partition coefficient (Wildman–Crippen LogP) is 2.29. The van der Waals surface area contributed by atoms with Crippen molar-refractivity contribution in [2.24, 2.45) is 11.8 Å². The number of urea groups is 1. The minimum atomic E-state index is -0.220. The number of rotatable bonds is 5. The van der Waals surface area contributed by atoms with Crippen LogP contribution >= 0.6 is 0 Å². The molecular formula is C18H28N4O3. The lowest BCUT2D eigenvalue weighted by molar-refractivity contribution is -0.121. The van der Waals surface area contributed by atoms with E-state index in [1.807, 2.05) is 13.8 Å². The van der Waals surface area contributed by atoms with Crippen LogP contribution in [0.4, 0.5) is 16.2 Å². The number of nitrogens with two attached hydrogens (primary N) is 1. The summed E-state index contributed by atoms with van der Waals surface area (Å²) in [5, 5.41) is 5.79. The van der Waals surface area contributed by atoms with Gasteiger partial charge in [-0.1, -0.05) is 13.8 Å². The van der Waals surface area contributed by atoms with Crippen LogP contribution in [0.2, 0.25) is 0 Å². The van der Waals surface area contributed by atoms with E-state index >= 15 is 0 Å². The maximum Gasteiger partial charge on any atom is 0.317 e. The Morgan fingerprint density at radius 1 is 1.40 bits per heavy atom. The third-order valence-electron chi connectivity index (χ3n) is 4.24. The van der Waals surface area contributed by atoms with Gasteiger partial charge in [-0.15, -0.1) is 0 Å². The second-order valence-corrected chi connectivity index (χ2v) is 6.81. The van der Waals surface area contributed by atoms with Gasteiger partial charge in [-0.3, -0.25) is 4.79 Å². The average molecular weight is 348 g/mol. The molecule has 3 amide bonds. The summed E-state index contributed by atoms with van der Waals surface area (Å²) in [5.41, 5.74) is 6.97. The monoisotopic (exact) mass is 348 g/mol. The average Bonchev–Trinajstić information content (AvgIpc) is 2.60. The van der Waals surface area contributed by atoms with E-state index in [2.05, 4.69) is 10.6 Å². The highest BCUT2D eigenvalue weighted by Crippen LogP contribution is 2.25. The van der Waals surface area contributed by atoms with Crippen molar-refractivity contribution in [1.29, 1.82) is 0 Å². The molecule has 1 atom stereocenters. The fraction of sp³-hybridized carbons (Fsp3) is 0.556. The van der Waals surface area contributed by atoms with Crippen molar-refractivity contribution < 1.29 is 14.3 Å². The van der Waals surface area contributed by atoms with Crippen molar-refractivity contribution in [2.45, 2.75) is 26.7 Å². The smallest absolute Gasteiger partial charge is 0.317 e. The van der Waals surface area contributed by atoms with Gasteiger partial charge in [-0.2, -0.15) is 0 Å². The number of hydrogen-bond donors (Lipinski definition) is 3. The van der Waals surface area contributed by atoms with E-state index in [4.69, 9.17) is 10.5 Å². The van der Waals surface area contributed by atoms with Crippen molar-refractivity contribution in [3.05, 3.63) is 18.2 Å². The van der Waals surface area contributed by atoms with Crippen molar-refractivity contribution in [3.8, 4) is 5.75 Å². The largest absolute Gasteiger partial charge is 0.495 e. The molecule has 0 spiro atoms. The first-order chi connectivity index (χ1) is 11.9. The topological polar surface area (TPSA) is 96.7 Å². The van der Waals surface area contributed by atoms with Crippen LogP contribution in [-0.4, -0.2) is 43.6 Å². The highest BCUT2D eigenvalue weighted by Gasteiger charge is 2.28. The minimum Gasteiger partial charge on any atom is -0.495 e. The summed E-state index contributed by atoms with van der Waals surface area (Å²) in [7, 11) is 1.55. The summed E-state index contributed by atoms with van der Waals surface area (Å²) in [4.78, 5) is 26.4. The second kappa shape index (κ2) is 8.60. The Balaban J connectivity index is 1.92. The molecule has 7 heteroatoms. The summed E-state index contributed by atoms with van der Waals surface area (Å²) in [6.07, 6.45) is 1.59. The summed E-state index contributed by atoms with van der Waals surface area (Å²) in [6, 6.07) is 5.05. The Hall–Kier alpha value is -2.44. The maximum atomic E-state index is 12.5. The molecule has 1 saturated heterocycles. The van der Waals surface area contributed by atoms with Crippen LogP contribution in [0.15, 0.2) is 18.2 Å². The van der Waals surface area contributed by atoms with Gasteiger partial charge in [0.25, 0.3) is 0 Å². The molecule has 1 aliphatic heterocycles. The van der Waals surface area contributed by atoms with Gasteiger partial charge in [-0.05, 0) is 37.0 Å². The number of piperidine rings is 1. The number of methoxy groups -OCH3 is 1. The molecule has 0 saturated carbocycles. The lowest BCUT2D eigenvalue weighted by Gasteiger charge is -2.32. The number of nitrogens with zero attached hydrogens (tertiary/aromatic N) is 1. The molecule has 1 heterocycles. The number of benzene rings is 1. The third kappa shape index (κ3) is 5.27. The molecule has 0 bridgehead atoms. The SMILES string of the molecule is COc1ccc(NC(=O)C2CCCN(C(=O)NCC(C)C)C2)cc1N. The zero-order valence-electron chi connectivity index (χ0n) is 15.2. The van der Waals surface area contributed by atoms with Crippen LogP contribution in [0.25, 0.3) is 0 Å². The Labute approximate surface area is 148 Å². The highest BCUT2D eigenvalue weighted by atomic mass is 16.5. The van der Waals surface area contributed by atoms with Crippen molar-refractivity contribution in [3.63, 3.8) is 0 Å². The number of nitrogens with one attached hydrogen (secondary N) is 2. The molecule has 4 N–H and O–H groups in total. The third-order valence-corrected chi connectivity index (χ3v) is 4.24. The molecule has 0 aliphatic carbocycles. The van der Waals surface area contributed by atoms with E-state index in [1.165, 1.54) is 0 Å². The van der Waals surface area contributed by atoms with Gasteiger partial charge in [0.15, 0.2) is 0 Å². The first kappa shape index (κ1) is 18.9. The number of amides is 3. The van der Waals surface area contributed by atoms with Crippen molar-refractivity contribution >= 4 is 23.3 Å². The lowest BCUT2D eigenvalue weighted by Crippen LogP contribution is -2.48. The van der Waals surface area contributed by atoms with Gasteiger partial charge in [0.05, 0.1) is 18.7 Å². The number of likely N-dealkylation sites (tertiary alicyclic amines) is 1. The van der Waals surface area contributed by atoms with Crippen LogP contribution < -0.4 is 21.1 Å². The van der Waals surface area contributed by atoms with Crippen LogP contribution in [-0.2, 0) is 4.79 Å². The van der Waals surface area contributed by atoms with E-state index < -0.39 is 0 Å². The molecule has 1 unspecified atom stereocenters. The second-order valence-electron chi connectivity index (χ2n) is 6.81. The van der Waals surface area contributed by atoms with Crippen LogP contribution in [0, 0.1) is 11.8 Å². The summed E-state index contributed by atoms with van der Waals surface area (Å²) in [5.74, 6) is 0.657. The van der Waals surface area contributed by atoms with Crippen molar-refractivity contribution in [2.75, 3.05) is 37.8 Å². The van der Waals surface area contributed by atoms with E-state index in [9.17, 15) is 9.59 Å². The zero-order chi connectivity index (χ0) is 18.4. The number of hydrogen-bond acceptors (Lipinski definition) is 4. The van der Waals surface area contributed by atoms with Gasteiger partial charge >= 0.3 is 6.03 Å². The van der Waals surface area contributed by atoms with Crippen molar-refractivity contribution in [1.82, 2.24) is 10.2 Å². The zero-order valence-corrected chi connectivity index (χ0v) is 15.2. The molecule has 25 heavy (non-hydrogen) atoms. The Morgan fingerprint density at radius 2 is 2.16 bits per heavy atom. The fourth-order valence-electron chi connectivity index (χ4n) is 2.84. The van der Waals surface area contributed by atoms with Gasteiger partial charge in [0, 0.05) is 25.3 Å². The van der Waals surface area contributed by atoms with E-state index in [0.717, 1.165) is 12.8 Å². The summed E-state index contributed by atoms with van der Waals surface area (Å²) < 4.78 is 5.11. The molecule has 138 valence electrons. The molecule has 1 aromatic carbocycles. The lowest BCUT2D eigenvalue weighted by atomic mass is 9.97. The minimum absolute atomic E-state index is 0.0917. The number of ether oxygens (including phenoxy) is 1. The van der Waals surface area contributed by atoms with E-state index in [0.29, 0.717) is 42.7 Å². The molecule has 0 radical (unpaired) electrons. The molecule has 7 nitrogen and oxygen atoms in total. The van der Waals surface area contributed by atoms with Crippen LogP contribution in [0.5, 0.6) is 5.75 Å². The number of nitrogen functional groups attached to an aromatic ring is 1. The van der Waals surface area contributed by atoms with Gasteiger partial charge in [0.1, 0.15) is 5.75 Å². The first-order valence-corrected chi connectivity index (χ1v) is 8.68. The number of carbonyl (C=O) groups excluding carboxylic acids is 2. The maximum absolute atomic E-state index is 12.5. The first-order valence-electron chi connectivity index (χ1n) is 8.68. The van der Waals surface area contributed by atoms with E-state index in [1.54, 1.807) is 30.2 Å². The normalized spacial score (nSPS) is 17.3. The number of anilines is 2. The molecule has 0 aromatic heterocycles. The van der Waals surface area contributed by atoms with Crippen LogP contribution in [0.3, 0.4) is 0 Å². The quantitative estimate of drug-likeness (QED) is 0.711. The van der Waals surface area contributed by atoms with Gasteiger partial charge in [-0.25, -0.2) is 4.79 Å². The summed E-state index contributed by atoms with van der Waals surface area (Å²) in [6.45, 7) is 5.85. The molecule has 1 aliphatic rings. The molecule has 1 fully saturated rings. The van der Waals surface area contributed by atoms with Crippen LogP contribution in [0.1, 0.15) is 26.7 Å². The molecular weight excluding hydrogens is 320 g/mol. The highest BCUT2D eigenvalue weighted by molar-refractivity contribution is 5.93. The predicted molar refractivity (Wildman–Crippen MR) is 98.6 cm³/mol. The van der Waals surface area contributed by atoms with Gasteiger partial charge in [0.2, 0.25) is 5.91 Å². The molecule has 2 rings (SSSR count). The summed E-state index contributed by atoms with van der Waals surface area (Å²) >= 11 is 0. The molecule has 1 aromatic rings.